The van der Waals surface area contributed by atoms with Gasteiger partial charge in [-0.05, 0) is 18.2 Å². The highest BCUT2D eigenvalue weighted by Gasteiger charge is 2.09. The van der Waals surface area contributed by atoms with E-state index in [0.29, 0.717) is 17.2 Å². The fourth-order valence-electron chi connectivity index (χ4n) is 1.73. The Bertz CT molecular complexity index is 664. The molecule has 0 aliphatic rings. The summed E-state index contributed by atoms with van der Waals surface area (Å²) in [6, 6.07) is 12.8. The molecule has 0 radical (unpaired) electrons. The second-order valence-electron chi connectivity index (χ2n) is 3.79. The molecule has 0 unspecified atom stereocenters. The van der Waals surface area contributed by atoms with Crippen LogP contribution in [0.5, 0.6) is 5.88 Å². The van der Waals surface area contributed by atoms with Gasteiger partial charge in [-0.25, -0.2) is 9.97 Å². The lowest BCUT2D eigenvalue weighted by atomic mass is 10.3. The molecule has 0 amide bonds. The number of benzene rings is 1. The lowest BCUT2D eigenvalue weighted by molar-refractivity contribution is 0.165. The molecular weight excluding hydrogens is 230 g/mol. The molecule has 3 aromatic rings. The van der Waals surface area contributed by atoms with Crippen LogP contribution < -0.4 is 4.74 Å². The Morgan fingerprint density at radius 1 is 1.11 bits per heavy atom. The van der Waals surface area contributed by atoms with Crippen LogP contribution in [0.25, 0.3) is 11.0 Å². The van der Waals surface area contributed by atoms with Crippen LogP contribution in [0.2, 0.25) is 0 Å². The maximum Gasteiger partial charge on any atom is 0.213 e. The fraction of sp³-hybridized carbons (Fsp3) is 0.0769. The van der Waals surface area contributed by atoms with E-state index in [1.165, 1.54) is 0 Å². The first-order chi connectivity index (χ1) is 8.84. The number of pyridine rings is 1. The van der Waals surface area contributed by atoms with Gasteiger partial charge in [0.2, 0.25) is 5.88 Å². The molecule has 2 heterocycles. The summed E-state index contributed by atoms with van der Waals surface area (Å²) in [6.07, 6.45) is 1.65. The fourth-order valence-corrected chi connectivity index (χ4v) is 1.73. The van der Waals surface area contributed by atoms with Crippen molar-refractivity contribution in [1.82, 2.24) is 14.7 Å². The van der Waals surface area contributed by atoms with Crippen molar-refractivity contribution in [3.63, 3.8) is 0 Å². The van der Waals surface area contributed by atoms with E-state index in [1.807, 2.05) is 30.3 Å². The third kappa shape index (κ3) is 1.86. The van der Waals surface area contributed by atoms with E-state index in [-0.39, 0.29) is 6.61 Å². The van der Waals surface area contributed by atoms with Gasteiger partial charge in [-0.15, -0.1) is 0 Å². The summed E-state index contributed by atoms with van der Waals surface area (Å²) in [5, 5.41) is 9.92. The van der Waals surface area contributed by atoms with Gasteiger partial charge in [0.15, 0.2) is 12.4 Å². The predicted octanol–water partition coefficient (Wildman–Crippen LogP) is 2.25. The molecule has 0 atom stereocenters. The molecule has 0 aliphatic heterocycles. The average molecular weight is 241 g/mol. The second-order valence-corrected chi connectivity index (χ2v) is 3.79. The Labute approximate surface area is 103 Å². The summed E-state index contributed by atoms with van der Waals surface area (Å²) in [5.74, 6) is 0.950. The van der Waals surface area contributed by atoms with Crippen molar-refractivity contribution in [1.29, 1.82) is 0 Å². The van der Waals surface area contributed by atoms with Gasteiger partial charge in [0.1, 0.15) is 5.52 Å². The van der Waals surface area contributed by atoms with E-state index < -0.39 is 0 Å². The number of nitrogens with zero attached hydrogens (tertiary/aromatic N) is 3. The van der Waals surface area contributed by atoms with Crippen molar-refractivity contribution in [2.45, 2.75) is 6.61 Å². The standard InChI is InChI=1S/C13H11N3O2/c17-16-11-6-2-1-5-10(11)15-12(16)9-18-13-7-3-4-8-14-13/h1-8,17H,9H2. The number of hydrogen-bond donors (Lipinski definition) is 1. The zero-order valence-electron chi connectivity index (χ0n) is 9.52. The predicted molar refractivity (Wildman–Crippen MR) is 65.5 cm³/mol. The summed E-state index contributed by atoms with van der Waals surface area (Å²) >= 11 is 0. The lowest BCUT2D eigenvalue weighted by Crippen LogP contribution is -2.04. The molecule has 3 rings (SSSR count). The SMILES string of the molecule is On1c(COc2ccccn2)nc2ccccc21. The third-order valence-corrected chi connectivity index (χ3v) is 2.59. The number of hydrogen-bond acceptors (Lipinski definition) is 4. The quantitative estimate of drug-likeness (QED) is 0.714. The maximum absolute atomic E-state index is 9.92. The summed E-state index contributed by atoms with van der Waals surface area (Å²) in [6.45, 7) is 0.169. The molecule has 5 nitrogen and oxygen atoms in total. The molecule has 5 heteroatoms. The Balaban J connectivity index is 1.85. The molecule has 0 saturated heterocycles. The average Bonchev–Trinajstić information content (AvgIpc) is 2.75. The zero-order valence-corrected chi connectivity index (χ0v) is 9.52. The van der Waals surface area contributed by atoms with Crippen molar-refractivity contribution in [2.24, 2.45) is 0 Å². The summed E-state index contributed by atoms with van der Waals surface area (Å²) in [7, 11) is 0. The molecule has 1 N–H and O–H groups in total. The first kappa shape index (κ1) is 10.6. The molecule has 90 valence electrons. The first-order valence-electron chi connectivity index (χ1n) is 5.54. The normalized spacial score (nSPS) is 10.7. The van der Waals surface area contributed by atoms with Crippen LogP contribution in [0.1, 0.15) is 5.82 Å². The van der Waals surface area contributed by atoms with Crippen molar-refractivity contribution >= 4 is 11.0 Å². The van der Waals surface area contributed by atoms with E-state index in [0.717, 1.165) is 10.2 Å². The minimum atomic E-state index is 0.169. The van der Waals surface area contributed by atoms with Gasteiger partial charge in [0, 0.05) is 12.3 Å². The molecule has 1 aromatic carbocycles. The van der Waals surface area contributed by atoms with Gasteiger partial charge in [0.25, 0.3) is 0 Å². The maximum atomic E-state index is 9.92. The Hall–Kier alpha value is -2.56. The summed E-state index contributed by atoms with van der Waals surface area (Å²) in [5.41, 5.74) is 1.40. The van der Waals surface area contributed by atoms with Crippen LogP contribution in [0.4, 0.5) is 0 Å². The van der Waals surface area contributed by atoms with Crippen molar-refractivity contribution in [2.75, 3.05) is 0 Å². The number of ether oxygens (including phenoxy) is 1. The topological polar surface area (TPSA) is 60.2 Å². The highest BCUT2D eigenvalue weighted by molar-refractivity contribution is 5.75. The Kier molecular flexibility index (Phi) is 2.57. The third-order valence-electron chi connectivity index (χ3n) is 2.59. The summed E-state index contributed by atoms with van der Waals surface area (Å²) in [4.78, 5) is 8.32. The molecule has 0 bridgehead atoms. The van der Waals surface area contributed by atoms with E-state index in [2.05, 4.69) is 9.97 Å². The first-order valence-corrected chi connectivity index (χ1v) is 5.54. The highest BCUT2D eigenvalue weighted by Crippen LogP contribution is 2.15. The molecule has 0 aliphatic carbocycles. The van der Waals surface area contributed by atoms with Gasteiger partial charge in [0.05, 0.1) is 5.52 Å². The van der Waals surface area contributed by atoms with Gasteiger partial charge < -0.3 is 9.94 Å². The van der Waals surface area contributed by atoms with Crippen molar-refractivity contribution in [3.8, 4) is 5.88 Å². The molecular formula is C13H11N3O2. The van der Waals surface area contributed by atoms with Crippen LogP contribution in [0.3, 0.4) is 0 Å². The molecule has 0 fully saturated rings. The van der Waals surface area contributed by atoms with E-state index in [9.17, 15) is 5.21 Å². The summed E-state index contributed by atoms with van der Waals surface area (Å²) < 4.78 is 6.49. The minimum Gasteiger partial charge on any atom is -0.469 e. The number of fused-ring (bicyclic) bond motifs is 1. The van der Waals surface area contributed by atoms with Crippen molar-refractivity contribution < 1.29 is 9.94 Å². The van der Waals surface area contributed by atoms with Crippen LogP contribution in [0, 0.1) is 0 Å². The molecule has 0 spiro atoms. The molecule has 18 heavy (non-hydrogen) atoms. The number of aromatic nitrogens is 3. The van der Waals surface area contributed by atoms with Gasteiger partial charge >= 0.3 is 0 Å². The molecule has 2 aromatic heterocycles. The largest absolute Gasteiger partial charge is 0.469 e. The second kappa shape index (κ2) is 4.37. The Morgan fingerprint density at radius 3 is 2.72 bits per heavy atom. The van der Waals surface area contributed by atoms with Crippen LogP contribution >= 0.6 is 0 Å². The highest BCUT2D eigenvalue weighted by atomic mass is 16.5. The van der Waals surface area contributed by atoms with Crippen LogP contribution in [0.15, 0.2) is 48.7 Å². The van der Waals surface area contributed by atoms with Gasteiger partial charge in [-0.2, -0.15) is 4.73 Å². The number of rotatable bonds is 3. The zero-order chi connectivity index (χ0) is 12.4. The minimum absolute atomic E-state index is 0.169. The van der Waals surface area contributed by atoms with E-state index in [1.54, 1.807) is 18.3 Å². The number of imidazole rings is 1. The Morgan fingerprint density at radius 2 is 1.94 bits per heavy atom. The van der Waals surface area contributed by atoms with Gasteiger partial charge in [-0.1, -0.05) is 18.2 Å². The lowest BCUT2D eigenvalue weighted by Gasteiger charge is -2.03. The van der Waals surface area contributed by atoms with Crippen LogP contribution in [-0.4, -0.2) is 19.9 Å². The van der Waals surface area contributed by atoms with E-state index >= 15 is 0 Å². The molecule has 0 saturated carbocycles. The number of para-hydroxylation sites is 2. The monoisotopic (exact) mass is 241 g/mol. The van der Waals surface area contributed by atoms with E-state index in [4.69, 9.17) is 4.74 Å². The van der Waals surface area contributed by atoms with Crippen molar-refractivity contribution in [3.05, 3.63) is 54.5 Å². The van der Waals surface area contributed by atoms with Gasteiger partial charge in [-0.3, -0.25) is 0 Å². The smallest absolute Gasteiger partial charge is 0.213 e. The van der Waals surface area contributed by atoms with Crippen LogP contribution in [-0.2, 0) is 6.61 Å².